The lowest BCUT2D eigenvalue weighted by molar-refractivity contribution is -0.140. The highest BCUT2D eigenvalue weighted by molar-refractivity contribution is 7.90. The highest BCUT2D eigenvalue weighted by atomic mass is 32.2. The Balaban J connectivity index is 2.73. The zero-order chi connectivity index (χ0) is 15.2. The van der Waals surface area contributed by atoms with E-state index in [2.05, 4.69) is 15.4 Å². The number of carbonyl (C=O) groups is 1. The number of esters is 1. The summed E-state index contributed by atoms with van der Waals surface area (Å²) in [6.07, 6.45) is 5.23. The third-order valence-corrected chi connectivity index (χ3v) is 4.04. The van der Waals surface area contributed by atoms with Gasteiger partial charge in [-0.05, 0) is 18.2 Å². The van der Waals surface area contributed by atoms with Crippen LogP contribution in [0, 0.1) is 12.3 Å². The number of anilines is 1. The van der Waals surface area contributed by atoms with Crippen molar-refractivity contribution in [2.75, 3.05) is 25.4 Å². The zero-order valence-electron chi connectivity index (χ0n) is 11.3. The van der Waals surface area contributed by atoms with Gasteiger partial charge < -0.3 is 4.74 Å². The van der Waals surface area contributed by atoms with Crippen molar-refractivity contribution >= 4 is 21.9 Å². The Morgan fingerprint density at radius 2 is 2.20 bits per heavy atom. The molecule has 0 aromatic heterocycles. The van der Waals surface area contributed by atoms with Crippen LogP contribution in [0.5, 0.6) is 0 Å². The number of ether oxygens (including phenoxy) is 1. The second kappa shape index (κ2) is 6.93. The van der Waals surface area contributed by atoms with E-state index in [-0.39, 0.29) is 13.0 Å². The molecule has 7 heteroatoms. The molecule has 0 bridgehead atoms. The fourth-order valence-electron chi connectivity index (χ4n) is 1.37. The molecule has 0 aliphatic heterocycles. The van der Waals surface area contributed by atoms with Crippen LogP contribution in [0.25, 0.3) is 0 Å². The number of hydrogen-bond acceptors (Lipinski definition) is 4. The maximum absolute atomic E-state index is 12.0. The maximum Gasteiger partial charge on any atom is 0.306 e. The van der Waals surface area contributed by atoms with Gasteiger partial charge in [-0.25, -0.2) is 0 Å². The first-order valence-electron chi connectivity index (χ1n) is 5.76. The summed E-state index contributed by atoms with van der Waals surface area (Å²) in [5, 5.41) is 0. The van der Waals surface area contributed by atoms with Gasteiger partial charge in [0.2, 0.25) is 0 Å². The summed E-state index contributed by atoms with van der Waals surface area (Å²) in [4.78, 5) is 11.0. The van der Waals surface area contributed by atoms with E-state index in [9.17, 15) is 13.2 Å². The predicted molar refractivity (Wildman–Crippen MR) is 76.2 cm³/mol. The van der Waals surface area contributed by atoms with E-state index >= 15 is 0 Å². The Morgan fingerprint density at radius 1 is 1.50 bits per heavy atom. The van der Waals surface area contributed by atoms with Crippen molar-refractivity contribution in [1.29, 1.82) is 0 Å². The molecule has 0 amide bonds. The van der Waals surface area contributed by atoms with E-state index in [1.54, 1.807) is 24.3 Å². The summed E-state index contributed by atoms with van der Waals surface area (Å²) in [7, 11) is -1.11. The number of nitrogens with zero attached hydrogens (tertiary/aromatic N) is 1. The van der Waals surface area contributed by atoms with E-state index in [1.807, 2.05) is 0 Å². The van der Waals surface area contributed by atoms with Gasteiger partial charge in [0.05, 0.1) is 19.2 Å². The standard InChI is InChI=1S/C13H16N2O4S/c1-4-11-6-5-7-12(10-11)14-20(17,18)15(2)9-8-13(16)19-3/h1,5-7,10,14H,8-9H2,2-3H3. The first kappa shape index (κ1) is 16.0. The van der Waals surface area contributed by atoms with Crippen molar-refractivity contribution in [1.82, 2.24) is 4.31 Å². The van der Waals surface area contributed by atoms with E-state index in [4.69, 9.17) is 6.42 Å². The van der Waals surface area contributed by atoms with Crippen molar-refractivity contribution in [2.24, 2.45) is 0 Å². The van der Waals surface area contributed by atoms with E-state index in [1.165, 1.54) is 14.2 Å². The van der Waals surface area contributed by atoms with Crippen LogP contribution in [-0.4, -0.2) is 39.4 Å². The molecule has 0 saturated heterocycles. The molecule has 108 valence electrons. The van der Waals surface area contributed by atoms with Crippen molar-refractivity contribution in [2.45, 2.75) is 6.42 Å². The SMILES string of the molecule is C#Cc1cccc(NS(=O)(=O)N(C)CCC(=O)OC)c1. The Morgan fingerprint density at radius 3 is 2.80 bits per heavy atom. The number of nitrogens with one attached hydrogen (secondary N) is 1. The van der Waals surface area contributed by atoms with Crippen molar-refractivity contribution in [3.63, 3.8) is 0 Å². The fourth-order valence-corrected chi connectivity index (χ4v) is 2.28. The number of hydrogen-bond donors (Lipinski definition) is 1. The van der Waals surface area contributed by atoms with Crippen LogP contribution in [0.4, 0.5) is 5.69 Å². The third-order valence-electron chi connectivity index (χ3n) is 2.54. The first-order chi connectivity index (χ1) is 9.39. The summed E-state index contributed by atoms with van der Waals surface area (Å²) in [5.74, 6) is 1.95. The average molecular weight is 296 g/mol. The molecule has 0 aliphatic carbocycles. The van der Waals surface area contributed by atoms with Crippen LogP contribution in [-0.2, 0) is 19.7 Å². The number of terminal acetylenes is 1. The predicted octanol–water partition coefficient (Wildman–Crippen LogP) is 0.819. The van der Waals surface area contributed by atoms with Gasteiger partial charge in [-0.2, -0.15) is 12.7 Å². The number of benzene rings is 1. The van der Waals surface area contributed by atoms with E-state index in [0.29, 0.717) is 11.3 Å². The second-order valence-electron chi connectivity index (χ2n) is 3.98. The highest BCUT2D eigenvalue weighted by Crippen LogP contribution is 2.13. The number of rotatable bonds is 6. The van der Waals surface area contributed by atoms with Crippen LogP contribution in [0.3, 0.4) is 0 Å². The molecular weight excluding hydrogens is 280 g/mol. The lowest BCUT2D eigenvalue weighted by Gasteiger charge is -2.17. The lowest BCUT2D eigenvalue weighted by Crippen LogP contribution is -2.34. The van der Waals surface area contributed by atoms with Gasteiger partial charge in [-0.1, -0.05) is 12.0 Å². The summed E-state index contributed by atoms with van der Waals surface area (Å²) in [6.45, 7) is 0.0246. The highest BCUT2D eigenvalue weighted by Gasteiger charge is 2.18. The monoisotopic (exact) mass is 296 g/mol. The van der Waals surface area contributed by atoms with Crippen LogP contribution in [0.1, 0.15) is 12.0 Å². The molecule has 0 saturated carbocycles. The smallest absolute Gasteiger partial charge is 0.306 e. The summed E-state index contributed by atoms with van der Waals surface area (Å²) < 4.78 is 31.9. The zero-order valence-corrected chi connectivity index (χ0v) is 12.1. The normalized spacial score (nSPS) is 10.9. The molecular formula is C13H16N2O4S. The van der Waals surface area contributed by atoms with Gasteiger partial charge >= 0.3 is 16.2 Å². The van der Waals surface area contributed by atoms with Crippen LogP contribution >= 0.6 is 0 Å². The summed E-state index contributed by atoms with van der Waals surface area (Å²) in [5.41, 5.74) is 0.938. The van der Waals surface area contributed by atoms with Crippen molar-refractivity contribution in [3.05, 3.63) is 29.8 Å². The second-order valence-corrected chi connectivity index (χ2v) is 5.76. The van der Waals surface area contributed by atoms with Crippen LogP contribution in [0.2, 0.25) is 0 Å². The van der Waals surface area contributed by atoms with Gasteiger partial charge in [-0.15, -0.1) is 6.42 Å². The average Bonchev–Trinajstić information content (AvgIpc) is 2.43. The Hall–Kier alpha value is -2.04. The minimum atomic E-state index is -3.74. The van der Waals surface area contributed by atoms with Crippen molar-refractivity contribution in [3.8, 4) is 12.3 Å². The summed E-state index contributed by atoms with van der Waals surface area (Å²) >= 11 is 0. The molecule has 1 aromatic rings. The molecule has 6 nitrogen and oxygen atoms in total. The molecule has 0 atom stereocenters. The van der Waals surface area contributed by atoms with Gasteiger partial charge in [-0.3, -0.25) is 9.52 Å². The quantitative estimate of drug-likeness (QED) is 0.623. The summed E-state index contributed by atoms with van der Waals surface area (Å²) in [6, 6.07) is 6.48. The fraction of sp³-hybridized carbons (Fsp3) is 0.308. The van der Waals surface area contributed by atoms with Crippen LogP contribution in [0.15, 0.2) is 24.3 Å². The van der Waals surface area contributed by atoms with E-state index < -0.39 is 16.2 Å². The minimum absolute atomic E-state index is 0.0156. The number of carbonyl (C=O) groups excluding carboxylic acids is 1. The Bertz CT molecular complexity index is 620. The maximum atomic E-state index is 12.0. The molecule has 20 heavy (non-hydrogen) atoms. The third kappa shape index (κ3) is 4.57. The minimum Gasteiger partial charge on any atom is -0.469 e. The molecule has 0 spiro atoms. The molecule has 1 N–H and O–H groups in total. The largest absolute Gasteiger partial charge is 0.469 e. The molecule has 0 fully saturated rings. The Labute approximate surface area is 118 Å². The molecule has 0 heterocycles. The molecule has 0 aliphatic rings. The molecule has 0 radical (unpaired) electrons. The molecule has 1 aromatic carbocycles. The first-order valence-corrected chi connectivity index (χ1v) is 7.20. The lowest BCUT2D eigenvalue weighted by atomic mass is 10.2. The van der Waals surface area contributed by atoms with Gasteiger partial charge in [0.1, 0.15) is 0 Å². The van der Waals surface area contributed by atoms with Gasteiger partial charge in [0.15, 0.2) is 0 Å². The van der Waals surface area contributed by atoms with E-state index in [0.717, 1.165) is 4.31 Å². The van der Waals surface area contributed by atoms with Crippen LogP contribution < -0.4 is 4.72 Å². The topological polar surface area (TPSA) is 75.7 Å². The Kier molecular flexibility index (Phi) is 5.55. The molecule has 0 unspecified atom stereocenters. The van der Waals surface area contributed by atoms with Gasteiger partial charge in [0.25, 0.3) is 0 Å². The van der Waals surface area contributed by atoms with Crippen molar-refractivity contribution < 1.29 is 17.9 Å². The number of methoxy groups -OCH3 is 1. The molecule has 1 rings (SSSR count). The van der Waals surface area contributed by atoms with Gasteiger partial charge in [0, 0.05) is 19.2 Å².